The number of carbonyl (C=O) groups is 3. The quantitative estimate of drug-likeness (QED) is 0.0859. The van der Waals surface area contributed by atoms with Crippen molar-refractivity contribution in [2.45, 2.75) is 56.3 Å². The van der Waals surface area contributed by atoms with Gasteiger partial charge in [-0.1, -0.05) is 0 Å². The summed E-state index contributed by atoms with van der Waals surface area (Å²) in [5.74, 6) is -12.7. The second kappa shape index (κ2) is 21.3. The molecule has 3 N–H and O–H groups in total. The third-order valence-corrected chi connectivity index (χ3v) is 15.6. The van der Waals surface area contributed by atoms with Crippen LogP contribution < -0.4 is 16.0 Å². The van der Waals surface area contributed by atoms with Crippen LogP contribution in [0.3, 0.4) is 0 Å². The molecule has 16 rings (SSSR count). The van der Waals surface area contributed by atoms with Crippen molar-refractivity contribution in [1.29, 1.82) is 0 Å². The van der Waals surface area contributed by atoms with Crippen molar-refractivity contribution in [3.05, 3.63) is 166 Å². The van der Waals surface area contributed by atoms with Crippen LogP contribution in [0.2, 0.25) is 0 Å². The standard InChI is InChI=1S/C21H16BrF2N7O2.C21H17F2N9O.C13H8BrF2N7/c22-13-5-7-16-26-27-20(29(16)9-13)21(23,24)14-6-8-15-25-17(10-30(15)28-14)31(18(32)11-1-2-11)19(33)12-3-4-12;1-30-9-14(8-24-30)13-4-6-18-27-28-20(31(18)10-13)21(22,23)15-5-7-17-25-16(11-32(17)29-15)26-19(33)12-2-3-12;14-7-1-3-11-19-20-12(22(11)5-7)13(15,16)8-2-4-10-18-9(17)6-23(10)21-8/h5-12H,1-4H2;4-12H,2-3H2,1H3,(H,26,33);1-6H,17H2. The molecule has 0 bridgehead atoms. The third kappa shape index (κ3) is 10.7. The Labute approximate surface area is 510 Å². The van der Waals surface area contributed by atoms with E-state index >= 15 is 17.6 Å². The van der Waals surface area contributed by atoms with E-state index in [1.54, 1.807) is 66.7 Å². The van der Waals surface area contributed by atoms with Crippen LogP contribution in [0, 0.1) is 17.8 Å². The van der Waals surface area contributed by atoms with Crippen LogP contribution in [-0.2, 0) is 39.2 Å². The Bertz CT molecular complexity index is 4960. The number of imidazole rings is 3. The summed E-state index contributed by atoms with van der Waals surface area (Å²) in [4.78, 5) is 51.1. The molecule has 26 nitrogen and oxygen atoms in total. The number of hydrogen-bond donors (Lipinski definition) is 2. The lowest BCUT2D eigenvalue weighted by molar-refractivity contribution is -0.128. The minimum Gasteiger partial charge on any atom is -0.382 e. The zero-order valence-corrected chi connectivity index (χ0v) is 48.9. The summed E-state index contributed by atoms with van der Waals surface area (Å²) in [5.41, 5.74) is 7.29. The third-order valence-electron chi connectivity index (χ3n) is 14.7. The van der Waals surface area contributed by atoms with E-state index in [9.17, 15) is 23.2 Å². The highest BCUT2D eigenvalue weighted by Crippen LogP contribution is 2.40. The number of alkyl halides is 6. The lowest BCUT2D eigenvalue weighted by atomic mass is 10.1. The molecule has 13 heterocycles. The molecular formula is C55H41Br2F6N23O3. The number of aromatic nitrogens is 20. The highest BCUT2D eigenvalue weighted by atomic mass is 79.9. The van der Waals surface area contributed by atoms with E-state index in [1.165, 1.54) is 83.5 Å². The van der Waals surface area contributed by atoms with Gasteiger partial charge in [0.2, 0.25) is 35.2 Å². The first-order valence-corrected chi connectivity index (χ1v) is 28.8. The van der Waals surface area contributed by atoms with Crippen molar-refractivity contribution in [1.82, 2.24) is 97.4 Å². The summed E-state index contributed by atoms with van der Waals surface area (Å²) in [5, 5.41) is 41.3. The van der Waals surface area contributed by atoms with Gasteiger partial charge < -0.3 is 11.1 Å². The predicted octanol–water partition coefficient (Wildman–Crippen LogP) is 8.27. The summed E-state index contributed by atoms with van der Waals surface area (Å²) < 4.78 is 102. The summed E-state index contributed by atoms with van der Waals surface area (Å²) in [7, 11) is 1.78. The average Bonchev–Trinajstić information content (AvgIpc) is 1.96. The van der Waals surface area contributed by atoms with Gasteiger partial charge >= 0.3 is 17.8 Å². The van der Waals surface area contributed by atoms with Crippen LogP contribution in [0.15, 0.2) is 131 Å². The van der Waals surface area contributed by atoms with Crippen molar-refractivity contribution in [2.75, 3.05) is 16.0 Å². The first-order chi connectivity index (χ1) is 42.7. The molecule has 34 heteroatoms. The number of imide groups is 1. The molecular weight excluding hydrogens is 1300 g/mol. The average molecular weight is 1350 g/mol. The SMILES string of the molecule is Cn1cc(-c2ccc3nnc(C(F)(F)c4ccc5nc(NC(=O)C6CC6)cn5n4)n3c2)cn1.Nc1cn2nc(C(F)(F)c3nnc4ccc(Br)cn34)ccc2n1.O=C(C1CC1)N(C(=O)C1CC1)c1cn2nc(C(F)(F)c3nnc4ccc(Br)cn34)ccc2n1. The van der Waals surface area contributed by atoms with Crippen LogP contribution >= 0.6 is 31.9 Å². The van der Waals surface area contributed by atoms with Crippen molar-refractivity contribution in [3.63, 3.8) is 0 Å². The van der Waals surface area contributed by atoms with E-state index < -0.39 is 52.3 Å². The number of amides is 3. The Hall–Kier alpha value is -10.1. The number of nitrogen functional groups attached to an aromatic ring is 1. The van der Waals surface area contributed by atoms with Gasteiger partial charge in [0.1, 0.15) is 22.9 Å². The van der Waals surface area contributed by atoms with Gasteiger partial charge in [0.15, 0.2) is 45.5 Å². The minimum absolute atomic E-state index is 0.000412. The topological polar surface area (TPSA) is 291 Å². The lowest BCUT2D eigenvalue weighted by Gasteiger charge is -2.17. The van der Waals surface area contributed by atoms with Gasteiger partial charge in [0.05, 0.1) is 24.8 Å². The number of nitrogens with zero attached hydrogens (tertiary/aromatic N) is 21. The van der Waals surface area contributed by atoms with Crippen LogP contribution in [0.25, 0.3) is 45.0 Å². The van der Waals surface area contributed by atoms with Crippen molar-refractivity contribution < 1.29 is 40.7 Å². The fraction of sp³-hybridized carbons (Fsp3) is 0.236. The van der Waals surface area contributed by atoms with Crippen LogP contribution in [0.4, 0.5) is 43.8 Å². The van der Waals surface area contributed by atoms with Crippen molar-refractivity contribution in [2.24, 2.45) is 24.8 Å². The monoisotopic (exact) mass is 1340 g/mol. The van der Waals surface area contributed by atoms with Gasteiger partial charge in [0, 0.05) is 69.7 Å². The van der Waals surface area contributed by atoms with Gasteiger partial charge in [-0.2, -0.15) is 46.7 Å². The molecule has 3 fully saturated rings. The molecule has 3 aliphatic rings. The molecule has 3 amide bonds. The zero-order valence-electron chi connectivity index (χ0n) is 45.7. The van der Waals surface area contributed by atoms with E-state index in [-0.39, 0.29) is 69.9 Å². The van der Waals surface area contributed by atoms with Crippen LogP contribution in [0.5, 0.6) is 0 Å². The lowest BCUT2D eigenvalue weighted by Crippen LogP contribution is -2.39. The van der Waals surface area contributed by atoms with E-state index in [4.69, 9.17) is 5.73 Å². The van der Waals surface area contributed by atoms with Crippen LogP contribution in [0.1, 0.15) is 73.1 Å². The molecule has 0 aromatic carbocycles. The number of hydrogen-bond acceptors (Lipinski definition) is 17. The molecule has 89 heavy (non-hydrogen) atoms. The maximum absolute atomic E-state index is 15.5. The first-order valence-electron chi connectivity index (χ1n) is 27.2. The molecule has 0 spiro atoms. The summed E-state index contributed by atoms with van der Waals surface area (Å²) >= 11 is 6.51. The van der Waals surface area contributed by atoms with Crippen LogP contribution in [-0.4, -0.2) is 115 Å². The summed E-state index contributed by atoms with van der Waals surface area (Å²) in [6.07, 6.45) is 16.7. The van der Waals surface area contributed by atoms with E-state index in [2.05, 4.69) is 103 Å². The van der Waals surface area contributed by atoms with Gasteiger partial charge in [-0.15, -0.1) is 30.6 Å². The smallest absolute Gasteiger partial charge is 0.350 e. The fourth-order valence-corrected chi connectivity index (χ4v) is 10.3. The number of rotatable bonds is 12. The Kier molecular flexibility index (Phi) is 13.6. The molecule has 0 saturated heterocycles. The number of fused-ring (bicyclic) bond motifs is 6. The molecule has 0 unspecified atom stereocenters. The first kappa shape index (κ1) is 56.7. The molecule has 3 aliphatic carbocycles. The molecule has 13 aromatic rings. The van der Waals surface area contributed by atoms with E-state index in [1.807, 2.05) is 0 Å². The number of aryl methyl sites for hydroxylation is 1. The highest BCUT2D eigenvalue weighted by Gasteiger charge is 2.46. The number of nitrogens with one attached hydrogen (secondary N) is 1. The largest absolute Gasteiger partial charge is 0.382 e. The normalized spacial score (nSPS) is 14.6. The Balaban J connectivity index is 0.000000119. The molecule has 13 aromatic heterocycles. The number of carbonyl (C=O) groups excluding carboxylic acids is 3. The maximum Gasteiger partial charge on any atom is 0.350 e. The maximum atomic E-state index is 15.5. The van der Waals surface area contributed by atoms with E-state index in [0.717, 1.165) is 59.6 Å². The molecule has 3 saturated carbocycles. The number of halogens is 8. The van der Waals surface area contributed by atoms with Gasteiger partial charge in [-0.3, -0.25) is 32.3 Å². The molecule has 0 aliphatic heterocycles. The Morgan fingerprint density at radius 3 is 1.43 bits per heavy atom. The number of pyridine rings is 3. The number of anilines is 3. The van der Waals surface area contributed by atoms with Gasteiger partial charge in [-0.05, 0) is 143 Å². The summed E-state index contributed by atoms with van der Waals surface area (Å²) in [6.45, 7) is 0. The summed E-state index contributed by atoms with van der Waals surface area (Å²) in [6, 6.07) is 17.7. The van der Waals surface area contributed by atoms with E-state index in [0.29, 0.717) is 31.5 Å². The minimum atomic E-state index is -3.56. The van der Waals surface area contributed by atoms with Crippen molar-refractivity contribution >= 4 is 101 Å². The fourth-order valence-electron chi connectivity index (χ4n) is 9.60. The zero-order chi connectivity index (χ0) is 61.8. The molecule has 0 atom stereocenters. The van der Waals surface area contributed by atoms with Gasteiger partial charge in [0.25, 0.3) is 0 Å². The Morgan fingerprint density at radius 2 is 0.944 bits per heavy atom. The molecule has 0 radical (unpaired) electrons. The second-order valence-electron chi connectivity index (χ2n) is 21.3. The van der Waals surface area contributed by atoms with Crippen molar-refractivity contribution in [3.8, 4) is 11.1 Å². The predicted molar refractivity (Wildman–Crippen MR) is 308 cm³/mol. The Morgan fingerprint density at radius 1 is 0.506 bits per heavy atom. The van der Waals surface area contributed by atoms with Gasteiger partial charge in [-0.25, -0.2) is 33.4 Å². The molecule has 450 valence electrons. The number of nitrogens with two attached hydrogens (primary N) is 1. The highest BCUT2D eigenvalue weighted by molar-refractivity contribution is 9.10. The second-order valence-corrected chi connectivity index (χ2v) is 23.1.